The van der Waals surface area contributed by atoms with Crippen molar-refractivity contribution in [1.29, 1.82) is 0 Å². The molecule has 0 aliphatic rings. The lowest BCUT2D eigenvalue weighted by atomic mass is 10.7. The van der Waals surface area contributed by atoms with Crippen LogP contribution in [0.2, 0.25) is 0 Å². The van der Waals surface area contributed by atoms with E-state index in [4.69, 9.17) is 0 Å². The third-order valence-electron chi connectivity index (χ3n) is 0.252. The molecule has 0 unspecified atom stereocenters. The van der Waals surface area contributed by atoms with Gasteiger partial charge in [0.1, 0.15) is 0 Å². The Morgan fingerprint density at radius 3 is 1.55 bits per heavy atom. The maximum atomic E-state index is 11.1. The van der Waals surface area contributed by atoms with Gasteiger partial charge in [0.15, 0.2) is 10.6 Å². The van der Waals surface area contributed by atoms with Gasteiger partial charge in [-0.25, -0.2) is 8.78 Å². The predicted molar refractivity (Wildman–Crippen MR) is 37.1 cm³/mol. The molecule has 0 aliphatic heterocycles. The maximum absolute atomic E-state index is 11.1. The van der Waals surface area contributed by atoms with E-state index in [2.05, 4.69) is 29.8 Å². The molecule has 6 heteroatoms. The van der Waals surface area contributed by atoms with Gasteiger partial charge in [-0.05, 0) is 0 Å². The Morgan fingerprint density at radius 1 is 1.27 bits per heavy atom. The molecular formula is C5H4Cl2F4. The molecule has 0 saturated heterocycles. The van der Waals surface area contributed by atoms with Crippen molar-refractivity contribution in [2.45, 2.75) is 6.43 Å². The average molecular weight is 211 g/mol. The van der Waals surface area contributed by atoms with E-state index < -0.39 is 17.0 Å². The van der Waals surface area contributed by atoms with Gasteiger partial charge in [0.05, 0.1) is 0 Å². The van der Waals surface area contributed by atoms with Crippen LogP contribution >= 0.6 is 23.2 Å². The number of hydrogen-bond acceptors (Lipinski definition) is 0. The van der Waals surface area contributed by atoms with Gasteiger partial charge in [-0.15, -0.1) is 0 Å². The molecule has 0 atom stereocenters. The monoisotopic (exact) mass is 210 g/mol. The van der Waals surface area contributed by atoms with Crippen molar-refractivity contribution < 1.29 is 17.6 Å². The third-order valence-corrected chi connectivity index (χ3v) is 0.378. The fourth-order valence-corrected chi connectivity index (χ4v) is 0.190. The zero-order valence-electron chi connectivity index (χ0n) is 5.13. The van der Waals surface area contributed by atoms with Crippen LogP contribution in [0.5, 0.6) is 0 Å². The zero-order valence-corrected chi connectivity index (χ0v) is 6.64. The Morgan fingerprint density at radius 2 is 1.55 bits per heavy atom. The molecular weight excluding hydrogens is 207 g/mol. The van der Waals surface area contributed by atoms with Crippen molar-refractivity contribution >= 4 is 23.2 Å². The summed E-state index contributed by atoms with van der Waals surface area (Å²) >= 11 is 8.80. The fourth-order valence-electron chi connectivity index (χ4n) is 0.0952. The molecule has 0 fully saturated rings. The summed E-state index contributed by atoms with van der Waals surface area (Å²) in [5.74, 6) is 0. The third kappa shape index (κ3) is 41.4. The molecule has 0 N–H and O–H groups in total. The Labute approximate surface area is 71.1 Å². The molecule has 0 amide bonds. The molecule has 0 bridgehead atoms. The van der Waals surface area contributed by atoms with E-state index in [1.807, 2.05) is 0 Å². The van der Waals surface area contributed by atoms with E-state index in [-0.39, 0.29) is 6.08 Å². The van der Waals surface area contributed by atoms with Crippen molar-refractivity contribution in [2.75, 3.05) is 0 Å². The second kappa shape index (κ2) is 7.88. The molecule has 0 aromatic heterocycles. The standard InChI is InChI=1S/C3H2ClF3.C2H2ClF/c4-2(5)1-3(6)7;1-2(3)4/h1,3H;1H2. The first-order valence-corrected chi connectivity index (χ1v) is 2.92. The van der Waals surface area contributed by atoms with Crippen LogP contribution < -0.4 is 0 Å². The minimum Gasteiger partial charge on any atom is -0.206 e. The maximum Gasteiger partial charge on any atom is 0.261 e. The van der Waals surface area contributed by atoms with Crippen LogP contribution in [-0.2, 0) is 0 Å². The number of allylic oxidation sites excluding steroid dienone is 1. The Bertz CT molecular complexity index is 135. The van der Waals surface area contributed by atoms with Gasteiger partial charge in [-0.2, -0.15) is 8.78 Å². The van der Waals surface area contributed by atoms with Gasteiger partial charge >= 0.3 is 0 Å². The van der Waals surface area contributed by atoms with Crippen molar-refractivity contribution in [2.24, 2.45) is 0 Å². The summed E-state index contributed by atoms with van der Waals surface area (Å²) in [7, 11) is 0. The molecule has 11 heavy (non-hydrogen) atoms. The first-order chi connectivity index (χ1) is 4.86. The van der Waals surface area contributed by atoms with E-state index in [1.54, 1.807) is 0 Å². The minimum atomic E-state index is -2.79. The van der Waals surface area contributed by atoms with Crippen LogP contribution in [0.15, 0.2) is 23.2 Å². The van der Waals surface area contributed by atoms with E-state index in [9.17, 15) is 17.6 Å². The summed E-state index contributed by atoms with van der Waals surface area (Å²) in [6.45, 7) is 2.65. The van der Waals surface area contributed by atoms with Gasteiger partial charge in [-0.3, -0.25) is 0 Å². The van der Waals surface area contributed by atoms with Crippen molar-refractivity contribution in [3.05, 3.63) is 23.2 Å². The molecule has 0 spiro atoms. The van der Waals surface area contributed by atoms with E-state index in [0.29, 0.717) is 0 Å². The molecule has 66 valence electrons. The lowest BCUT2D eigenvalue weighted by Gasteiger charge is -1.81. The Hall–Kier alpha value is -0.220. The highest BCUT2D eigenvalue weighted by Crippen LogP contribution is 2.05. The Balaban J connectivity index is 0. The normalized spacial score (nSPS) is 10.6. The van der Waals surface area contributed by atoms with Crippen LogP contribution in [0.25, 0.3) is 0 Å². The van der Waals surface area contributed by atoms with Crippen LogP contribution in [0, 0.1) is 0 Å². The molecule has 0 nitrogen and oxygen atoms in total. The van der Waals surface area contributed by atoms with Crippen LogP contribution in [0.4, 0.5) is 17.6 Å². The molecule has 0 aromatic rings. The summed E-state index contributed by atoms with van der Waals surface area (Å²) in [5.41, 5.74) is 0. The topological polar surface area (TPSA) is 0 Å². The molecule has 0 heterocycles. The molecule has 0 rings (SSSR count). The number of halogens is 6. The largest absolute Gasteiger partial charge is 0.261 e. The number of hydrogen-bond donors (Lipinski definition) is 0. The summed E-state index contributed by atoms with van der Waals surface area (Å²) < 4.78 is 43.4. The molecule has 0 aliphatic carbocycles. The SMILES string of the molecule is C=C(F)Cl.FC(Cl)=CC(F)F. The highest BCUT2D eigenvalue weighted by atomic mass is 35.5. The summed E-state index contributed by atoms with van der Waals surface area (Å²) in [4.78, 5) is 0. The average Bonchev–Trinajstić information content (AvgIpc) is 1.56. The highest BCUT2D eigenvalue weighted by Gasteiger charge is 1.96. The zero-order chi connectivity index (χ0) is 9.44. The van der Waals surface area contributed by atoms with Crippen LogP contribution in [-0.4, -0.2) is 6.43 Å². The lowest BCUT2D eigenvalue weighted by molar-refractivity contribution is 0.202. The molecule has 0 aromatic carbocycles. The molecule has 0 saturated carbocycles. The van der Waals surface area contributed by atoms with Crippen molar-refractivity contribution in [3.8, 4) is 0 Å². The van der Waals surface area contributed by atoms with Gasteiger partial charge in [0, 0.05) is 6.08 Å². The lowest BCUT2D eigenvalue weighted by Crippen LogP contribution is -1.79. The van der Waals surface area contributed by atoms with Gasteiger partial charge in [-0.1, -0.05) is 29.8 Å². The highest BCUT2D eigenvalue weighted by molar-refractivity contribution is 6.28. The van der Waals surface area contributed by atoms with Gasteiger partial charge < -0.3 is 0 Å². The summed E-state index contributed by atoms with van der Waals surface area (Å²) in [6.07, 6.45) is -2.78. The van der Waals surface area contributed by atoms with Crippen LogP contribution in [0.3, 0.4) is 0 Å². The second-order valence-corrected chi connectivity index (χ2v) is 1.90. The summed E-state index contributed by atoms with van der Waals surface area (Å²) in [6, 6.07) is 0. The Kier molecular flexibility index (Phi) is 9.58. The van der Waals surface area contributed by atoms with Crippen molar-refractivity contribution in [3.63, 3.8) is 0 Å². The van der Waals surface area contributed by atoms with Gasteiger partial charge in [0.25, 0.3) is 6.43 Å². The first kappa shape index (κ1) is 13.4. The quantitative estimate of drug-likeness (QED) is 0.575. The smallest absolute Gasteiger partial charge is 0.206 e. The minimum absolute atomic E-state index is 0.0154. The van der Waals surface area contributed by atoms with E-state index >= 15 is 0 Å². The predicted octanol–water partition coefficient (Wildman–Crippen LogP) is 3.97. The number of alkyl halides is 2. The van der Waals surface area contributed by atoms with E-state index in [1.165, 1.54) is 0 Å². The van der Waals surface area contributed by atoms with E-state index in [0.717, 1.165) is 0 Å². The number of rotatable bonds is 1. The fraction of sp³-hybridized carbons (Fsp3) is 0.200. The van der Waals surface area contributed by atoms with Crippen LogP contribution in [0.1, 0.15) is 0 Å². The molecule has 0 radical (unpaired) electrons. The van der Waals surface area contributed by atoms with Crippen molar-refractivity contribution in [1.82, 2.24) is 0 Å². The second-order valence-electron chi connectivity index (χ2n) is 1.13. The van der Waals surface area contributed by atoms with Gasteiger partial charge in [0.2, 0.25) is 0 Å². The first-order valence-electron chi connectivity index (χ1n) is 2.17. The summed E-state index contributed by atoms with van der Waals surface area (Å²) in [5, 5.41) is -2.23.